The molecule has 2 aromatic rings. The maximum Gasteiger partial charge on any atom is 0.412 e. The summed E-state index contributed by atoms with van der Waals surface area (Å²) in [6.07, 6.45) is 0.980. The van der Waals surface area contributed by atoms with E-state index in [4.69, 9.17) is 4.74 Å². The number of ether oxygens (including phenoxy) is 1. The van der Waals surface area contributed by atoms with Gasteiger partial charge in [-0.15, -0.1) is 6.58 Å². The number of hydrogen-bond acceptors (Lipinski definition) is 3. The van der Waals surface area contributed by atoms with E-state index in [-0.39, 0.29) is 24.8 Å². The molecule has 0 spiro atoms. The Morgan fingerprint density at radius 3 is 2.54 bits per heavy atom. The van der Waals surface area contributed by atoms with Crippen LogP contribution in [0.4, 0.5) is 14.9 Å². The van der Waals surface area contributed by atoms with E-state index in [1.54, 1.807) is 69.3 Å². The fourth-order valence-electron chi connectivity index (χ4n) is 2.54. The molecule has 0 atom stereocenters. The lowest BCUT2D eigenvalue weighted by Gasteiger charge is -2.22. The highest BCUT2D eigenvalue weighted by Crippen LogP contribution is 2.17. The molecular formula is C22H25FN2O3. The summed E-state index contributed by atoms with van der Waals surface area (Å²) in [5.41, 5.74) is 0.593. The molecule has 5 nitrogen and oxygen atoms in total. The summed E-state index contributed by atoms with van der Waals surface area (Å²) in [4.78, 5) is 26.4. The van der Waals surface area contributed by atoms with Crippen molar-refractivity contribution in [2.24, 2.45) is 0 Å². The Kier molecular flexibility index (Phi) is 6.93. The lowest BCUT2D eigenvalue weighted by atomic mass is 10.1. The predicted octanol–water partition coefficient (Wildman–Crippen LogP) is 5.00. The average Bonchev–Trinajstić information content (AvgIpc) is 2.61. The van der Waals surface area contributed by atoms with Gasteiger partial charge in [-0.25, -0.2) is 9.18 Å². The van der Waals surface area contributed by atoms with Gasteiger partial charge >= 0.3 is 6.09 Å². The second-order valence-electron chi connectivity index (χ2n) is 7.27. The van der Waals surface area contributed by atoms with E-state index >= 15 is 0 Å². The first-order chi connectivity index (χ1) is 13.2. The highest BCUT2D eigenvalue weighted by Gasteiger charge is 2.19. The van der Waals surface area contributed by atoms with Crippen LogP contribution in [0.15, 0.2) is 61.2 Å². The Morgan fingerprint density at radius 2 is 1.89 bits per heavy atom. The van der Waals surface area contributed by atoms with Gasteiger partial charge in [0.25, 0.3) is 5.91 Å². The molecule has 0 bridgehead atoms. The molecule has 148 valence electrons. The SMILES string of the molecule is C=CCN(Cc1ccccc1F)C(=O)c1cccc(NC(=O)OC(C)(C)C)c1. The second-order valence-corrected chi connectivity index (χ2v) is 7.27. The number of halogens is 1. The van der Waals surface area contributed by atoms with E-state index in [9.17, 15) is 14.0 Å². The van der Waals surface area contributed by atoms with Gasteiger partial charge in [0.2, 0.25) is 0 Å². The van der Waals surface area contributed by atoms with Crippen molar-refractivity contribution in [1.29, 1.82) is 0 Å². The molecule has 2 rings (SSSR count). The van der Waals surface area contributed by atoms with E-state index in [0.717, 1.165) is 0 Å². The molecule has 0 unspecified atom stereocenters. The summed E-state index contributed by atoms with van der Waals surface area (Å²) >= 11 is 0. The minimum atomic E-state index is -0.627. The minimum absolute atomic E-state index is 0.112. The molecule has 0 aromatic heterocycles. The van der Waals surface area contributed by atoms with E-state index in [2.05, 4.69) is 11.9 Å². The van der Waals surface area contributed by atoms with E-state index in [1.807, 2.05) is 0 Å². The van der Waals surface area contributed by atoms with E-state index in [0.29, 0.717) is 16.8 Å². The molecule has 28 heavy (non-hydrogen) atoms. The number of benzene rings is 2. The molecule has 0 aliphatic rings. The number of carbonyl (C=O) groups is 2. The zero-order valence-corrected chi connectivity index (χ0v) is 16.4. The Morgan fingerprint density at radius 1 is 1.18 bits per heavy atom. The number of hydrogen-bond donors (Lipinski definition) is 1. The molecule has 0 heterocycles. The lowest BCUT2D eigenvalue weighted by molar-refractivity contribution is 0.0635. The fourth-order valence-corrected chi connectivity index (χ4v) is 2.54. The number of rotatable bonds is 6. The van der Waals surface area contributed by atoms with Crippen LogP contribution in [-0.4, -0.2) is 29.0 Å². The number of nitrogens with one attached hydrogen (secondary N) is 1. The van der Waals surface area contributed by atoms with Crippen LogP contribution < -0.4 is 5.32 Å². The number of anilines is 1. The third-order valence-corrected chi connectivity index (χ3v) is 3.71. The lowest BCUT2D eigenvalue weighted by Crippen LogP contribution is -2.31. The van der Waals surface area contributed by atoms with Gasteiger partial charge in [0.15, 0.2) is 0 Å². The van der Waals surface area contributed by atoms with E-state index < -0.39 is 11.7 Å². The molecule has 0 fully saturated rings. The monoisotopic (exact) mass is 384 g/mol. The summed E-state index contributed by atoms with van der Waals surface area (Å²) in [5.74, 6) is -0.666. The van der Waals surface area contributed by atoms with Crippen molar-refractivity contribution < 1.29 is 18.7 Å². The first-order valence-electron chi connectivity index (χ1n) is 8.93. The number of carbonyl (C=O) groups excluding carboxylic acids is 2. The largest absolute Gasteiger partial charge is 0.444 e. The smallest absolute Gasteiger partial charge is 0.412 e. The first kappa shape index (κ1) is 21.2. The molecule has 1 N–H and O–H groups in total. The van der Waals surface area contributed by atoms with Crippen LogP contribution in [0.25, 0.3) is 0 Å². The van der Waals surface area contributed by atoms with Crippen LogP contribution >= 0.6 is 0 Å². The number of nitrogens with zero attached hydrogens (tertiary/aromatic N) is 1. The molecule has 0 radical (unpaired) electrons. The summed E-state index contributed by atoms with van der Waals surface area (Å²) in [5, 5.41) is 2.61. The molecule has 6 heteroatoms. The first-order valence-corrected chi connectivity index (χ1v) is 8.93. The molecule has 2 amide bonds. The zero-order chi connectivity index (χ0) is 20.7. The predicted molar refractivity (Wildman–Crippen MR) is 108 cm³/mol. The fraction of sp³-hybridized carbons (Fsp3) is 0.273. The van der Waals surface area contributed by atoms with Crippen LogP contribution in [0.5, 0.6) is 0 Å². The van der Waals surface area contributed by atoms with Crippen molar-refractivity contribution in [2.45, 2.75) is 32.9 Å². The Hall–Kier alpha value is -3.15. The maximum atomic E-state index is 14.0. The summed E-state index contributed by atoms with van der Waals surface area (Å²) in [6, 6.07) is 12.8. The molecule has 0 aliphatic carbocycles. The third-order valence-electron chi connectivity index (χ3n) is 3.71. The molecular weight excluding hydrogens is 359 g/mol. The summed E-state index contributed by atoms with van der Waals surface area (Å²) < 4.78 is 19.2. The number of amides is 2. The van der Waals surface area contributed by atoms with Gasteiger partial charge < -0.3 is 9.64 Å². The molecule has 0 saturated carbocycles. The van der Waals surface area contributed by atoms with Crippen molar-refractivity contribution in [3.8, 4) is 0 Å². The van der Waals surface area contributed by atoms with Gasteiger partial charge in [0.05, 0.1) is 0 Å². The average molecular weight is 384 g/mol. The van der Waals surface area contributed by atoms with Crippen molar-refractivity contribution >= 4 is 17.7 Å². The van der Waals surface area contributed by atoms with Gasteiger partial charge in [0.1, 0.15) is 11.4 Å². The van der Waals surface area contributed by atoms with Crippen molar-refractivity contribution in [3.63, 3.8) is 0 Å². The highest BCUT2D eigenvalue weighted by molar-refractivity contribution is 5.96. The van der Waals surface area contributed by atoms with Gasteiger partial charge in [-0.1, -0.05) is 30.3 Å². The normalized spacial score (nSPS) is 10.9. The van der Waals surface area contributed by atoms with Crippen LogP contribution in [-0.2, 0) is 11.3 Å². The quantitative estimate of drug-likeness (QED) is 0.713. The molecule has 0 saturated heterocycles. The highest BCUT2D eigenvalue weighted by atomic mass is 19.1. The minimum Gasteiger partial charge on any atom is -0.444 e. The zero-order valence-electron chi connectivity index (χ0n) is 16.4. The van der Waals surface area contributed by atoms with Crippen molar-refractivity contribution in [3.05, 3.63) is 78.1 Å². The Labute approximate surface area is 164 Å². The van der Waals surface area contributed by atoms with Crippen LogP contribution in [0.2, 0.25) is 0 Å². The van der Waals surface area contributed by atoms with Gasteiger partial charge in [-0.2, -0.15) is 0 Å². The summed E-state index contributed by atoms with van der Waals surface area (Å²) in [7, 11) is 0. The van der Waals surface area contributed by atoms with E-state index in [1.165, 1.54) is 11.0 Å². The van der Waals surface area contributed by atoms with Crippen LogP contribution in [0.1, 0.15) is 36.7 Å². The Bertz CT molecular complexity index is 859. The molecule has 0 aliphatic heterocycles. The van der Waals surface area contributed by atoms with Gasteiger partial charge in [-0.3, -0.25) is 10.1 Å². The third kappa shape index (κ3) is 6.23. The van der Waals surface area contributed by atoms with Crippen molar-refractivity contribution in [1.82, 2.24) is 4.90 Å². The van der Waals surface area contributed by atoms with Crippen LogP contribution in [0, 0.1) is 5.82 Å². The van der Waals surface area contributed by atoms with Crippen LogP contribution in [0.3, 0.4) is 0 Å². The summed E-state index contributed by atoms with van der Waals surface area (Å²) in [6.45, 7) is 9.34. The topological polar surface area (TPSA) is 58.6 Å². The van der Waals surface area contributed by atoms with Gasteiger partial charge in [-0.05, 0) is 45.0 Å². The Balaban J connectivity index is 2.17. The molecule has 2 aromatic carbocycles. The standard InChI is InChI=1S/C22H25FN2O3/c1-5-13-25(15-17-9-6-7-12-19(17)23)20(26)16-10-8-11-18(14-16)24-21(27)28-22(2,3)4/h5-12,14H,1,13,15H2,2-4H3,(H,24,27). The maximum absolute atomic E-state index is 14.0. The second kappa shape index (κ2) is 9.17. The van der Waals surface area contributed by atoms with Crippen molar-refractivity contribution in [2.75, 3.05) is 11.9 Å². The van der Waals surface area contributed by atoms with Gasteiger partial charge in [0, 0.05) is 29.9 Å².